The van der Waals surface area contributed by atoms with Crippen molar-refractivity contribution in [3.8, 4) is 0 Å². The minimum Gasteiger partial charge on any atom is -0.379 e. The molecule has 4 rings (SSSR count). The maximum Gasteiger partial charge on any atom is 0.251 e. The molecule has 3 fully saturated rings. The average molecular weight is 421 g/mol. The Morgan fingerprint density at radius 3 is 2.52 bits per heavy atom. The normalized spacial score (nSPS) is 31.7. The molecule has 0 aromatic heterocycles. The zero-order valence-corrected chi connectivity index (χ0v) is 18.6. The summed E-state index contributed by atoms with van der Waals surface area (Å²) in [5.74, 6) is 0.448. The van der Waals surface area contributed by atoms with Crippen LogP contribution in [0.15, 0.2) is 23.1 Å². The first-order valence-electron chi connectivity index (χ1n) is 10.6. The van der Waals surface area contributed by atoms with Crippen LogP contribution < -0.4 is 5.32 Å². The summed E-state index contributed by atoms with van der Waals surface area (Å²) in [5, 5.41) is 3.27. The zero-order chi connectivity index (χ0) is 21.0. The van der Waals surface area contributed by atoms with Gasteiger partial charge in [0.25, 0.3) is 5.91 Å². The van der Waals surface area contributed by atoms with Crippen LogP contribution in [0.5, 0.6) is 0 Å². The highest BCUT2D eigenvalue weighted by molar-refractivity contribution is 7.89. The van der Waals surface area contributed by atoms with E-state index in [4.69, 9.17) is 4.74 Å². The van der Waals surface area contributed by atoms with E-state index in [-0.39, 0.29) is 27.7 Å². The molecule has 160 valence electrons. The molecule has 2 saturated carbocycles. The van der Waals surface area contributed by atoms with Crippen molar-refractivity contribution in [3.63, 3.8) is 0 Å². The van der Waals surface area contributed by atoms with Gasteiger partial charge in [0, 0.05) is 24.7 Å². The summed E-state index contributed by atoms with van der Waals surface area (Å²) in [6.07, 6.45) is 3.51. The van der Waals surface area contributed by atoms with Crippen LogP contribution in [0, 0.1) is 23.7 Å². The summed E-state index contributed by atoms with van der Waals surface area (Å²) in [6, 6.07) is 5.10. The fourth-order valence-corrected chi connectivity index (χ4v) is 7.48. The van der Waals surface area contributed by atoms with E-state index in [2.05, 4.69) is 26.1 Å². The van der Waals surface area contributed by atoms with Gasteiger partial charge in [-0.05, 0) is 60.6 Å². The summed E-state index contributed by atoms with van der Waals surface area (Å²) < 4.78 is 33.0. The number of amides is 1. The lowest BCUT2D eigenvalue weighted by atomic mass is 9.68. The average Bonchev–Trinajstić information content (AvgIpc) is 3.17. The Hall–Kier alpha value is -1.44. The molecule has 0 radical (unpaired) electrons. The van der Waals surface area contributed by atoms with Gasteiger partial charge in [-0.1, -0.05) is 26.8 Å². The molecule has 1 aliphatic heterocycles. The summed E-state index contributed by atoms with van der Waals surface area (Å²) in [7, 11) is -3.65. The molecule has 3 aliphatic rings. The van der Waals surface area contributed by atoms with E-state index in [9.17, 15) is 13.2 Å². The quantitative estimate of drug-likeness (QED) is 0.813. The number of sulfonamides is 1. The van der Waals surface area contributed by atoms with Crippen LogP contribution in [0.25, 0.3) is 0 Å². The Morgan fingerprint density at radius 2 is 1.90 bits per heavy atom. The molecule has 1 amide bonds. The molecule has 0 spiro atoms. The second kappa shape index (κ2) is 7.06. The second-order valence-corrected chi connectivity index (χ2v) is 11.7. The van der Waals surface area contributed by atoms with Crippen LogP contribution in [0.1, 0.15) is 56.0 Å². The highest BCUT2D eigenvalue weighted by atomic mass is 32.2. The predicted molar refractivity (Wildman–Crippen MR) is 111 cm³/mol. The summed E-state index contributed by atoms with van der Waals surface area (Å²) in [5.41, 5.74) is 1.23. The number of hydrogen-bond acceptors (Lipinski definition) is 4. The van der Waals surface area contributed by atoms with Gasteiger partial charge < -0.3 is 10.1 Å². The number of nitrogens with zero attached hydrogens (tertiary/aromatic N) is 1. The van der Waals surface area contributed by atoms with Gasteiger partial charge in [-0.2, -0.15) is 4.31 Å². The van der Waals surface area contributed by atoms with E-state index in [1.54, 1.807) is 19.1 Å². The molecule has 1 saturated heterocycles. The minimum absolute atomic E-state index is 0.0517. The Bertz CT molecular complexity index is 916. The third kappa shape index (κ3) is 3.41. The molecule has 1 heterocycles. The number of hydrogen-bond donors (Lipinski definition) is 1. The fourth-order valence-electron chi connectivity index (χ4n) is 5.82. The van der Waals surface area contributed by atoms with Gasteiger partial charge in [0.2, 0.25) is 10.0 Å². The van der Waals surface area contributed by atoms with E-state index in [0.29, 0.717) is 43.3 Å². The molecule has 1 aromatic rings. The lowest BCUT2D eigenvalue weighted by Gasteiger charge is -2.43. The molecule has 3 atom stereocenters. The summed E-state index contributed by atoms with van der Waals surface area (Å²) in [4.78, 5) is 13.3. The van der Waals surface area contributed by atoms with Crippen LogP contribution in [-0.4, -0.2) is 51.0 Å². The molecule has 1 aromatic carbocycles. The lowest BCUT2D eigenvalue weighted by Crippen LogP contribution is -2.52. The van der Waals surface area contributed by atoms with Gasteiger partial charge in [0.1, 0.15) is 0 Å². The second-order valence-electron chi connectivity index (χ2n) is 9.82. The smallest absolute Gasteiger partial charge is 0.251 e. The van der Waals surface area contributed by atoms with Crippen molar-refractivity contribution in [1.82, 2.24) is 9.62 Å². The number of ether oxygens (including phenoxy) is 1. The summed E-state index contributed by atoms with van der Waals surface area (Å²) in [6.45, 7) is 10.0. The Balaban J connectivity index is 1.60. The molecular formula is C22H32N2O4S. The van der Waals surface area contributed by atoms with Crippen LogP contribution in [0.2, 0.25) is 0 Å². The first-order chi connectivity index (χ1) is 13.6. The number of nitrogens with one attached hydrogen (secondary N) is 1. The highest BCUT2D eigenvalue weighted by Gasteiger charge is 2.59. The molecule has 6 nitrogen and oxygen atoms in total. The molecule has 2 aliphatic carbocycles. The number of rotatable bonds is 4. The number of morpholine rings is 1. The highest BCUT2D eigenvalue weighted by Crippen LogP contribution is 2.62. The van der Waals surface area contributed by atoms with Crippen LogP contribution >= 0.6 is 0 Å². The zero-order valence-electron chi connectivity index (χ0n) is 17.8. The van der Waals surface area contributed by atoms with E-state index >= 15 is 0 Å². The van der Waals surface area contributed by atoms with Crippen LogP contribution in [0.3, 0.4) is 0 Å². The molecule has 2 bridgehead atoms. The molecule has 7 heteroatoms. The van der Waals surface area contributed by atoms with E-state index < -0.39 is 10.0 Å². The van der Waals surface area contributed by atoms with Gasteiger partial charge >= 0.3 is 0 Å². The standard InChI is InChI=1S/C22H32N2O4S/c1-15-5-6-16(13-18(15)29(26,27)24-9-11-28-12-10-24)19(25)23-20-21(2,3)17-7-8-22(20,4)14-17/h5-6,13,17,20H,7-12,14H2,1-4H3,(H,23,25)/t17?,20?,22-/m0/s1. The maximum absolute atomic E-state index is 13.1. The van der Waals surface area contributed by atoms with Gasteiger partial charge in [0.15, 0.2) is 0 Å². The van der Waals surface area contributed by atoms with Crippen molar-refractivity contribution in [2.75, 3.05) is 26.3 Å². The van der Waals surface area contributed by atoms with Crippen LogP contribution in [-0.2, 0) is 14.8 Å². The van der Waals surface area contributed by atoms with Gasteiger partial charge in [-0.3, -0.25) is 4.79 Å². The van der Waals surface area contributed by atoms with Gasteiger partial charge in [0.05, 0.1) is 18.1 Å². The van der Waals surface area contributed by atoms with E-state index in [1.807, 2.05) is 0 Å². The largest absolute Gasteiger partial charge is 0.379 e. The van der Waals surface area contributed by atoms with Gasteiger partial charge in [-0.25, -0.2) is 8.42 Å². The Kier molecular flexibility index (Phi) is 5.07. The van der Waals surface area contributed by atoms with Crippen molar-refractivity contribution >= 4 is 15.9 Å². The first kappa shape index (κ1) is 20.8. The van der Waals surface area contributed by atoms with Crippen molar-refractivity contribution in [2.45, 2.75) is 57.9 Å². The third-order valence-electron chi connectivity index (χ3n) is 7.58. The lowest BCUT2D eigenvalue weighted by molar-refractivity contribution is 0.0728. The number of fused-ring (bicyclic) bond motifs is 2. The van der Waals surface area contributed by atoms with Crippen molar-refractivity contribution in [2.24, 2.45) is 16.7 Å². The molecule has 2 unspecified atom stereocenters. The van der Waals surface area contributed by atoms with Crippen LogP contribution in [0.4, 0.5) is 0 Å². The minimum atomic E-state index is -3.65. The summed E-state index contributed by atoms with van der Waals surface area (Å²) >= 11 is 0. The third-order valence-corrected chi connectivity index (χ3v) is 9.62. The van der Waals surface area contributed by atoms with E-state index in [0.717, 1.165) is 12.8 Å². The number of aryl methyl sites for hydroxylation is 1. The maximum atomic E-state index is 13.1. The SMILES string of the molecule is Cc1ccc(C(=O)NC2C(C)(C)C3CC[C@@]2(C)C3)cc1S(=O)(=O)N1CCOCC1. The van der Waals surface area contributed by atoms with E-state index in [1.165, 1.54) is 16.8 Å². The molecule has 1 N–H and O–H groups in total. The topological polar surface area (TPSA) is 75.7 Å². The first-order valence-corrected chi connectivity index (χ1v) is 12.0. The Labute approximate surface area is 174 Å². The predicted octanol–water partition coefficient (Wildman–Crippen LogP) is 2.96. The Morgan fingerprint density at radius 1 is 1.21 bits per heavy atom. The fraction of sp³-hybridized carbons (Fsp3) is 0.682. The van der Waals surface area contributed by atoms with Crippen molar-refractivity contribution in [1.29, 1.82) is 0 Å². The number of benzene rings is 1. The van der Waals surface area contributed by atoms with Crippen molar-refractivity contribution in [3.05, 3.63) is 29.3 Å². The number of carbonyl (C=O) groups excluding carboxylic acids is 1. The number of carbonyl (C=O) groups is 1. The molecular weight excluding hydrogens is 388 g/mol. The monoisotopic (exact) mass is 420 g/mol. The molecule has 29 heavy (non-hydrogen) atoms. The van der Waals surface area contributed by atoms with Crippen molar-refractivity contribution < 1.29 is 17.9 Å². The van der Waals surface area contributed by atoms with Gasteiger partial charge in [-0.15, -0.1) is 0 Å².